The minimum Gasteiger partial charge on any atom is -0.474 e. The minimum absolute atomic E-state index is 0.278. The Balaban J connectivity index is 1.98. The molecule has 0 heterocycles. The molecule has 0 atom stereocenters. The molecule has 0 unspecified atom stereocenters. The van der Waals surface area contributed by atoms with Crippen LogP contribution in [-0.4, -0.2) is 30.4 Å². The fourth-order valence-electron chi connectivity index (χ4n) is 1.69. The van der Waals surface area contributed by atoms with Crippen LogP contribution < -0.4 is 10.9 Å². The van der Waals surface area contributed by atoms with Gasteiger partial charge in [0.2, 0.25) is 0 Å². The molecule has 0 aromatic heterocycles. The van der Waals surface area contributed by atoms with E-state index in [-0.39, 0.29) is 10.9 Å². The Morgan fingerprint density at radius 2 is 1.18 bits per heavy atom. The Morgan fingerprint density at radius 3 is 1.55 bits per heavy atom. The molecule has 5 nitrogen and oxygen atoms in total. The van der Waals surface area contributed by atoms with Gasteiger partial charge in [-0.15, -0.1) is 0 Å². The normalized spacial score (nSPS) is 10.0. The van der Waals surface area contributed by atoms with E-state index in [9.17, 15) is 23.6 Å². The molecule has 0 spiro atoms. The fourth-order valence-corrected chi connectivity index (χ4v) is 1.69. The summed E-state index contributed by atoms with van der Waals surface area (Å²) in [4.78, 5) is 11.4. The molecule has 0 amide bonds. The first-order valence-electron chi connectivity index (χ1n) is 6.21. The second-order valence-corrected chi connectivity index (χ2v) is 4.23. The Bertz CT molecular complexity index is 615. The number of carbonyl (C=O) groups excluding carboxylic acids is 1. The standard InChI is InChI=1S/C13H10B2F2O5/c16-11-7-3-1-5-9(11)14(19)21-13(18)22-15(20)10-6-2-4-8-12(10)17/h1-8,19-20H. The molecule has 0 bridgehead atoms. The summed E-state index contributed by atoms with van der Waals surface area (Å²) in [6, 6.07) is 10.2. The smallest absolute Gasteiger partial charge is 0.474 e. The molecular weight excluding hydrogens is 296 g/mol. The molecule has 22 heavy (non-hydrogen) atoms. The average Bonchev–Trinajstić information content (AvgIpc) is 2.47. The van der Waals surface area contributed by atoms with Gasteiger partial charge in [0.1, 0.15) is 11.6 Å². The van der Waals surface area contributed by atoms with Crippen LogP contribution in [0.25, 0.3) is 0 Å². The molecule has 0 aliphatic carbocycles. The molecule has 0 radical (unpaired) electrons. The van der Waals surface area contributed by atoms with Gasteiger partial charge in [0, 0.05) is 10.9 Å². The summed E-state index contributed by atoms with van der Waals surface area (Å²) in [6.07, 6.45) is -1.48. The largest absolute Gasteiger partial charge is 0.567 e. The van der Waals surface area contributed by atoms with Crippen molar-refractivity contribution in [2.24, 2.45) is 0 Å². The molecular formula is C13H10B2F2O5. The monoisotopic (exact) mass is 306 g/mol. The maximum atomic E-state index is 13.4. The fraction of sp³-hybridized carbons (Fsp3) is 0. The van der Waals surface area contributed by atoms with E-state index < -0.39 is 32.0 Å². The van der Waals surface area contributed by atoms with Gasteiger partial charge in [-0.3, -0.25) is 0 Å². The zero-order valence-corrected chi connectivity index (χ0v) is 11.1. The zero-order chi connectivity index (χ0) is 16.1. The number of carbonyl (C=O) groups is 1. The van der Waals surface area contributed by atoms with Crippen molar-refractivity contribution in [2.75, 3.05) is 0 Å². The lowest BCUT2D eigenvalue weighted by Crippen LogP contribution is -2.42. The van der Waals surface area contributed by atoms with E-state index >= 15 is 0 Å². The molecule has 112 valence electrons. The van der Waals surface area contributed by atoms with Gasteiger partial charge >= 0.3 is 20.4 Å². The van der Waals surface area contributed by atoms with Gasteiger partial charge in [0.05, 0.1) is 0 Å². The van der Waals surface area contributed by atoms with E-state index in [2.05, 4.69) is 9.31 Å². The Labute approximate surface area is 125 Å². The van der Waals surface area contributed by atoms with Crippen molar-refractivity contribution >= 4 is 31.3 Å². The summed E-state index contributed by atoms with van der Waals surface area (Å²) in [6.45, 7) is 0. The molecule has 2 N–H and O–H groups in total. The lowest BCUT2D eigenvalue weighted by Gasteiger charge is -2.12. The predicted octanol–water partition coefficient (Wildman–Crippen LogP) is 0.193. The van der Waals surface area contributed by atoms with Crippen LogP contribution in [0, 0.1) is 11.6 Å². The van der Waals surface area contributed by atoms with Crippen molar-refractivity contribution in [3.8, 4) is 0 Å². The van der Waals surface area contributed by atoms with Crippen molar-refractivity contribution < 1.29 is 32.9 Å². The van der Waals surface area contributed by atoms with Gasteiger partial charge in [0.25, 0.3) is 0 Å². The lowest BCUT2D eigenvalue weighted by atomic mass is 9.78. The van der Waals surface area contributed by atoms with Crippen LogP contribution in [0.15, 0.2) is 48.5 Å². The first kappa shape index (κ1) is 16.0. The number of benzene rings is 2. The van der Waals surface area contributed by atoms with Gasteiger partial charge in [-0.25, -0.2) is 13.6 Å². The van der Waals surface area contributed by atoms with Crippen molar-refractivity contribution in [3.05, 3.63) is 60.2 Å². The van der Waals surface area contributed by atoms with Crippen LogP contribution in [-0.2, 0) is 9.31 Å². The van der Waals surface area contributed by atoms with E-state index in [1.165, 1.54) is 36.4 Å². The first-order valence-corrected chi connectivity index (χ1v) is 6.21. The third kappa shape index (κ3) is 3.84. The third-order valence-electron chi connectivity index (χ3n) is 2.76. The minimum atomic E-state index is -1.92. The summed E-state index contributed by atoms with van der Waals surface area (Å²) >= 11 is 0. The van der Waals surface area contributed by atoms with E-state index in [1.807, 2.05) is 0 Å². The highest BCUT2D eigenvalue weighted by atomic mass is 19.1. The third-order valence-corrected chi connectivity index (χ3v) is 2.76. The Kier molecular flexibility index (Phi) is 5.13. The first-order chi connectivity index (χ1) is 10.5. The van der Waals surface area contributed by atoms with Crippen molar-refractivity contribution in [3.63, 3.8) is 0 Å². The molecule has 2 rings (SSSR count). The summed E-state index contributed by atoms with van der Waals surface area (Å²) < 4.78 is 35.6. The Hall–Kier alpha value is -2.38. The highest BCUT2D eigenvalue weighted by Gasteiger charge is 2.30. The van der Waals surface area contributed by atoms with Crippen molar-refractivity contribution in [1.29, 1.82) is 0 Å². The molecule has 0 fully saturated rings. The summed E-state index contributed by atoms with van der Waals surface area (Å²) in [7, 11) is -3.83. The number of hydrogen-bond donors (Lipinski definition) is 2. The average molecular weight is 306 g/mol. The van der Waals surface area contributed by atoms with Gasteiger partial charge < -0.3 is 19.4 Å². The van der Waals surface area contributed by atoms with Crippen molar-refractivity contribution in [2.45, 2.75) is 0 Å². The van der Waals surface area contributed by atoms with Crippen molar-refractivity contribution in [1.82, 2.24) is 0 Å². The summed E-state index contributed by atoms with van der Waals surface area (Å²) in [5, 5.41) is 19.2. The van der Waals surface area contributed by atoms with E-state index in [1.54, 1.807) is 0 Å². The van der Waals surface area contributed by atoms with Crippen LogP contribution in [0.4, 0.5) is 13.6 Å². The molecule has 9 heteroatoms. The quantitative estimate of drug-likeness (QED) is 0.789. The molecule has 0 saturated carbocycles. The predicted molar refractivity (Wildman–Crippen MR) is 75.6 cm³/mol. The second-order valence-electron chi connectivity index (χ2n) is 4.23. The van der Waals surface area contributed by atoms with Crippen LogP contribution >= 0.6 is 0 Å². The number of rotatable bonds is 4. The number of hydrogen-bond acceptors (Lipinski definition) is 5. The van der Waals surface area contributed by atoms with Crippen LogP contribution in [0.2, 0.25) is 0 Å². The Morgan fingerprint density at radius 1 is 0.818 bits per heavy atom. The molecule has 2 aromatic rings. The maximum Gasteiger partial charge on any atom is 0.567 e. The van der Waals surface area contributed by atoms with Gasteiger partial charge in [-0.1, -0.05) is 36.4 Å². The topological polar surface area (TPSA) is 76.0 Å². The molecule has 2 aromatic carbocycles. The van der Waals surface area contributed by atoms with Gasteiger partial charge in [-0.2, -0.15) is 0 Å². The van der Waals surface area contributed by atoms with Crippen LogP contribution in [0.3, 0.4) is 0 Å². The maximum absolute atomic E-state index is 13.4. The van der Waals surface area contributed by atoms with Gasteiger partial charge in [-0.05, 0) is 12.1 Å². The molecule has 0 saturated heterocycles. The summed E-state index contributed by atoms with van der Waals surface area (Å²) in [5.41, 5.74) is -0.556. The summed E-state index contributed by atoms with van der Waals surface area (Å²) in [5.74, 6) is -1.56. The lowest BCUT2D eigenvalue weighted by molar-refractivity contribution is 0.138. The highest BCUT2D eigenvalue weighted by Crippen LogP contribution is 2.00. The zero-order valence-electron chi connectivity index (χ0n) is 11.1. The van der Waals surface area contributed by atoms with E-state index in [0.29, 0.717) is 0 Å². The van der Waals surface area contributed by atoms with Gasteiger partial charge in [0.15, 0.2) is 0 Å². The van der Waals surface area contributed by atoms with Crippen LogP contribution in [0.5, 0.6) is 0 Å². The van der Waals surface area contributed by atoms with Crippen LogP contribution in [0.1, 0.15) is 0 Å². The molecule has 0 aliphatic heterocycles. The van der Waals surface area contributed by atoms with E-state index in [0.717, 1.165) is 12.1 Å². The second kappa shape index (κ2) is 7.06. The van der Waals surface area contributed by atoms with E-state index in [4.69, 9.17) is 0 Å². The highest BCUT2D eigenvalue weighted by molar-refractivity contribution is 6.63. The molecule has 0 aliphatic rings. The SMILES string of the molecule is O=C(OB(O)c1ccccc1F)OB(O)c1ccccc1F. The number of halogens is 2.